The molecule has 4 nitrogen and oxygen atoms in total. The maximum Gasteiger partial charge on any atom is 0.248 e. The predicted molar refractivity (Wildman–Crippen MR) is 96.9 cm³/mol. The highest BCUT2D eigenvalue weighted by atomic mass is 35.5. The van der Waals surface area contributed by atoms with Crippen LogP contribution in [0.15, 0.2) is 73.1 Å². The van der Waals surface area contributed by atoms with Crippen LogP contribution >= 0.6 is 11.6 Å². The van der Waals surface area contributed by atoms with Gasteiger partial charge in [-0.05, 0) is 23.3 Å². The van der Waals surface area contributed by atoms with Gasteiger partial charge in [0.25, 0.3) is 0 Å². The van der Waals surface area contributed by atoms with E-state index in [9.17, 15) is 4.79 Å². The van der Waals surface area contributed by atoms with Gasteiger partial charge in [0.2, 0.25) is 5.91 Å². The van der Waals surface area contributed by atoms with Crippen molar-refractivity contribution in [2.24, 2.45) is 0 Å². The lowest BCUT2D eigenvalue weighted by molar-refractivity contribution is -0.111. The minimum atomic E-state index is -0.228. The summed E-state index contributed by atoms with van der Waals surface area (Å²) in [6.07, 6.45) is 6.57. The molecule has 0 fully saturated rings. The summed E-state index contributed by atoms with van der Waals surface area (Å²) in [6, 6.07) is 17.4. The van der Waals surface area contributed by atoms with Crippen LogP contribution in [0.4, 0.5) is 5.69 Å². The van der Waals surface area contributed by atoms with Crippen molar-refractivity contribution in [1.82, 2.24) is 9.78 Å². The number of halogens is 1. The normalized spacial score (nSPS) is 10.9. The molecular weight excluding hydrogens is 322 g/mol. The van der Waals surface area contributed by atoms with Crippen molar-refractivity contribution in [3.8, 4) is 0 Å². The van der Waals surface area contributed by atoms with E-state index in [2.05, 4.69) is 10.4 Å². The summed E-state index contributed by atoms with van der Waals surface area (Å²) in [6.45, 7) is 0.659. The first-order valence-corrected chi connectivity index (χ1v) is 7.88. The number of amides is 1. The summed E-state index contributed by atoms with van der Waals surface area (Å²) in [5, 5.41) is 7.65. The molecule has 24 heavy (non-hydrogen) atoms. The average molecular weight is 338 g/mol. The highest BCUT2D eigenvalue weighted by molar-refractivity contribution is 6.32. The van der Waals surface area contributed by atoms with Crippen LogP contribution in [0.1, 0.15) is 11.1 Å². The first kappa shape index (κ1) is 16.0. The maximum absolute atomic E-state index is 12.0. The van der Waals surface area contributed by atoms with Gasteiger partial charge in [-0.3, -0.25) is 9.48 Å². The summed E-state index contributed by atoms with van der Waals surface area (Å²) < 4.78 is 1.78. The van der Waals surface area contributed by atoms with Gasteiger partial charge >= 0.3 is 0 Å². The molecule has 0 radical (unpaired) electrons. The molecule has 1 amide bonds. The quantitative estimate of drug-likeness (QED) is 0.708. The Morgan fingerprint density at radius 2 is 1.88 bits per heavy atom. The number of carbonyl (C=O) groups excluding carboxylic acids is 1. The Labute approximate surface area is 145 Å². The molecule has 0 spiro atoms. The Hall–Kier alpha value is -2.85. The van der Waals surface area contributed by atoms with Crippen LogP contribution < -0.4 is 5.32 Å². The molecule has 0 bridgehead atoms. The lowest BCUT2D eigenvalue weighted by Crippen LogP contribution is -2.07. The molecule has 3 aromatic rings. The minimum Gasteiger partial charge on any atom is -0.320 e. The molecule has 0 aliphatic carbocycles. The van der Waals surface area contributed by atoms with Crippen molar-refractivity contribution in [3.63, 3.8) is 0 Å². The number of benzene rings is 2. The molecule has 1 heterocycles. The van der Waals surface area contributed by atoms with Gasteiger partial charge in [-0.1, -0.05) is 60.1 Å². The van der Waals surface area contributed by atoms with Crippen LogP contribution in [0.2, 0.25) is 5.02 Å². The van der Waals surface area contributed by atoms with Crippen molar-refractivity contribution in [2.75, 3.05) is 5.32 Å². The Morgan fingerprint density at radius 3 is 2.67 bits per heavy atom. The van der Waals surface area contributed by atoms with Crippen molar-refractivity contribution in [2.45, 2.75) is 6.54 Å². The molecule has 1 N–H and O–H groups in total. The molecule has 120 valence electrons. The molecule has 3 rings (SSSR count). The fourth-order valence-electron chi connectivity index (χ4n) is 2.24. The zero-order valence-corrected chi connectivity index (χ0v) is 13.6. The highest BCUT2D eigenvalue weighted by Crippen LogP contribution is 2.16. The first-order valence-electron chi connectivity index (χ1n) is 7.51. The van der Waals surface area contributed by atoms with Crippen LogP contribution in [0, 0.1) is 0 Å². The number of anilines is 1. The molecule has 0 atom stereocenters. The Balaban J connectivity index is 1.60. The number of carbonyl (C=O) groups is 1. The molecule has 0 aliphatic heterocycles. The van der Waals surface area contributed by atoms with E-state index >= 15 is 0 Å². The van der Waals surface area contributed by atoms with Gasteiger partial charge in [0, 0.05) is 17.3 Å². The molecule has 0 aliphatic rings. The minimum absolute atomic E-state index is 0.228. The fraction of sp³-hybridized carbons (Fsp3) is 0.0526. The Bertz CT molecular complexity index is 856. The predicted octanol–water partition coefficient (Wildman–Crippen LogP) is 4.24. The van der Waals surface area contributed by atoms with E-state index in [1.807, 2.05) is 48.5 Å². The van der Waals surface area contributed by atoms with E-state index in [1.165, 1.54) is 6.08 Å². The number of nitrogens with zero attached hydrogens (tertiary/aromatic N) is 2. The number of nitrogens with one attached hydrogen (secondary N) is 1. The largest absolute Gasteiger partial charge is 0.320 e. The average Bonchev–Trinajstić information content (AvgIpc) is 3.02. The van der Waals surface area contributed by atoms with E-state index in [-0.39, 0.29) is 5.91 Å². The smallest absolute Gasteiger partial charge is 0.248 e. The fourth-order valence-corrected chi connectivity index (χ4v) is 2.44. The van der Waals surface area contributed by atoms with Crippen LogP contribution in [0.5, 0.6) is 0 Å². The maximum atomic E-state index is 12.0. The third-order valence-corrected chi connectivity index (χ3v) is 3.75. The van der Waals surface area contributed by atoms with E-state index in [4.69, 9.17) is 11.6 Å². The van der Waals surface area contributed by atoms with E-state index in [1.54, 1.807) is 29.2 Å². The van der Waals surface area contributed by atoms with Crippen molar-refractivity contribution >= 4 is 29.3 Å². The summed E-state index contributed by atoms with van der Waals surface area (Å²) >= 11 is 6.05. The van der Waals surface area contributed by atoms with Gasteiger partial charge < -0.3 is 5.32 Å². The zero-order chi connectivity index (χ0) is 16.8. The van der Waals surface area contributed by atoms with E-state index in [0.717, 1.165) is 11.1 Å². The standard InChI is InChI=1S/C19H16ClN3O/c20-18-9-5-4-8-16(18)10-11-19(24)22-17-12-21-23(14-17)13-15-6-2-1-3-7-15/h1-12,14H,13H2,(H,22,24)/b11-10+. The van der Waals surface area contributed by atoms with Gasteiger partial charge in [0.1, 0.15) is 0 Å². The van der Waals surface area contributed by atoms with Crippen LogP contribution in [0.3, 0.4) is 0 Å². The van der Waals surface area contributed by atoms with Crippen LogP contribution in [-0.2, 0) is 11.3 Å². The third kappa shape index (κ3) is 4.33. The number of aromatic nitrogens is 2. The van der Waals surface area contributed by atoms with Crippen molar-refractivity contribution in [3.05, 3.63) is 89.2 Å². The van der Waals surface area contributed by atoms with Crippen molar-refractivity contribution in [1.29, 1.82) is 0 Å². The first-order chi connectivity index (χ1) is 11.7. The highest BCUT2D eigenvalue weighted by Gasteiger charge is 2.03. The van der Waals surface area contributed by atoms with Gasteiger partial charge in [-0.15, -0.1) is 0 Å². The summed E-state index contributed by atoms with van der Waals surface area (Å²) in [4.78, 5) is 12.0. The lowest BCUT2D eigenvalue weighted by Gasteiger charge is -2.01. The summed E-state index contributed by atoms with van der Waals surface area (Å²) in [5.74, 6) is -0.228. The Kier molecular flexibility index (Phi) is 5.08. The molecule has 2 aromatic carbocycles. The molecule has 0 unspecified atom stereocenters. The number of hydrogen-bond acceptors (Lipinski definition) is 2. The molecule has 1 aromatic heterocycles. The van der Waals surface area contributed by atoms with Gasteiger partial charge in [0.05, 0.1) is 18.4 Å². The second kappa shape index (κ2) is 7.62. The van der Waals surface area contributed by atoms with Gasteiger partial charge in [0.15, 0.2) is 0 Å². The molecule has 0 saturated heterocycles. The molecule has 0 saturated carbocycles. The Morgan fingerprint density at radius 1 is 1.12 bits per heavy atom. The summed E-state index contributed by atoms with van der Waals surface area (Å²) in [7, 11) is 0. The number of rotatable bonds is 5. The monoisotopic (exact) mass is 337 g/mol. The number of hydrogen-bond donors (Lipinski definition) is 1. The molecule has 5 heteroatoms. The van der Waals surface area contributed by atoms with E-state index in [0.29, 0.717) is 17.3 Å². The lowest BCUT2D eigenvalue weighted by atomic mass is 10.2. The van der Waals surface area contributed by atoms with E-state index < -0.39 is 0 Å². The molecular formula is C19H16ClN3O. The zero-order valence-electron chi connectivity index (χ0n) is 12.9. The summed E-state index contributed by atoms with van der Waals surface area (Å²) in [5.41, 5.74) is 2.60. The van der Waals surface area contributed by atoms with Gasteiger partial charge in [-0.2, -0.15) is 5.10 Å². The third-order valence-electron chi connectivity index (χ3n) is 3.41. The van der Waals surface area contributed by atoms with Crippen molar-refractivity contribution < 1.29 is 4.79 Å². The topological polar surface area (TPSA) is 46.9 Å². The second-order valence-corrected chi connectivity index (χ2v) is 5.66. The SMILES string of the molecule is O=C(/C=C/c1ccccc1Cl)Nc1cnn(Cc2ccccc2)c1. The van der Waals surface area contributed by atoms with Crippen LogP contribution in [-0.4, -0.2) is 15.7 Å². The van der Waals surface area contributed by atoms with Gasteiger partial charge in [-0.25, -0.2) is 0 Å². The van der Waals surface area contributed by atoms with Crippen LogP contribution in [0.25, 0.3) is 6.08 Å². The second-order valence-electron chi connectivity index (χ2n) is 5.26.